The van der Waals surface area contributed by atoms with Gasteiger partial charge in [0.25, 0.3) is 7.82 Å². The summed E-state index contributed by atoms with van der Waals surface area (Å²) in [6, 6.07) is 0. The quantitative estimate of drug-likeness (QED) is 0.0195. The summed E-state index contributed by atoms with van der Waals surface area (Å²) in [6.45, 7) is 4.12. The molecule has 0 aliphatic heterocycles. The molecule has 0 aromatic heterocycles. The highest BCUT2D eigenvalue weighted by Crippen LogP contribution is 2.38. The Labute approximate surface area is 569 Å². The average molecular weight is 1310 g/mol. The molecule has 0 amide bonds. The maximum absolute atomic E-state index is 12.9. The molecule has 2 unspecified atom stereocenters. The van der Waals surface area contributed by atoms with Crippen LogP contribution in [-0.2, 0) is 32.7 Å². The highest BCUT2D eigenvalue weighted by molar-refractivity contribution is 7.45. The van der Waals surface area contributed by atoms with E-state index in [1.54, 1.807) is 0 Å². The van der Waals surface area contributed by atoms with Crippen LogP contribution in [0.15, 0.2) is 109 Å². The summed E-state index contributed by atoms with van der Waals surface area (Å²) in [7, 11) is 1.15. The molecule has 0 saturated heterocycles. The number of esters is 2. The van der Waals surface area contributed by atoms with Gasteiger partial charge in [0, 0.05) is 12.8 Å². The number of carbonyl (C=O) groups is 2. The second-order valence-electron chi connectivity index (χ2n) is 27.0. The highest BCUT2D eigenvalue weighted by atomic mass is 31.2. The Bertz CT molecular complexity index is 1920. The van der Waals surface area contributed by atoms with Crippen molar-refractivity contribution >= 4 is 19.8 Å². The van der Waals surface area contributed by atoms with Gasteiger partial charge in [-0.05, 0) is 103 Å². The maximum Gasteiger partial charge on any atom is 0.306 e. The molecule has 0 aliphatic carbocycles. The van der Waals surface area contributed by atoms with E-state index in [1.807, 2.05) is 21.1 Å². The van der Waals surface area contributed by atoms with E-state index >= 15 is 0 Å². The van der Waals surface area contributed by atoms with Crippen LogP contribution in [0.25, 0.3) is 0 Å². The molecule has 0 bridgehead atoms. The largest absolute Gasteiger partial charge is 0.756 e. The first-order valence-corrected chi connectivity index (χ1v) is 40.1. The Morgan fingerprint density at radius 1 is 0.348 bits per heavy atom. The molecule has 0 aromatic carbocycles. The van der Waals surface area contributed by atoms with Crippen molar-refractivity contribution < 1.29 is 42.1 Å². The van der Waals surface area contributed by atoms with Gasteiger partial charge in [-0.15, -0.1) is 0 Å². The molecular formula is C82H146NO8P. The highest BCUT2D eigenvalue weighted by Gasteiger charge is 2.22. The van der Waals surface area contributed by atoms with E-state index < -0.39 is 26.5 Å². The molecule has 0 N–H and O–H groups in total. The van der Waals surface area contributed by atoms with Crippen molar-refractivity contribution in [3.05, 3.63) is 109 Å². The molecule has 10 heteroatoms. The summed E-state index contributed by atoms with van der Waals surface area (Å²) in [5, 5.41) is 0. The van der Waals surface area contributed by atoms with E-state index in [0.29, 0.717) is 17.4 Å². The molecule has 0 saturated carbocycles. The fourth-order valence-electron chi connectivity index (χ4n) is 10.9. The summed E-state index contributed by atoms with van der Waals surface area (Å²) in [4.78, 5) is 38.1. The van der Waals surface area contributed by atoms with Crippen molar-refractivity contribution in [2.24, 2.45) is 0 Å². The van der Waals surface area contributed by atoms with E-state index in [9.17, 15) is 19.0 Å². The van der Waals surface area contributed by atoms with E-state index in [4.69, 9.17) is 18.5 Å². The number of rotatable bonds is 71. The number of phosphoric acid groups is 1. The average Bonchev–Trinajstić information content (AvgIpc) is 2.14. The summed E-state index contributed by atoms with van der Waals surface area (Å²) in [5.41, 5.74) is 0. The summed E-state index contributed by atoms with van der Waals surface area (Å²) in [5.74, 6) is -0.848. The van der Waals surface area contributed by atoms with E-state index in [2.05, 4.69) is 123 Å². The monoisotopic (exact) mass is 1300 g/mol. The van der Waals surface area contributed by atoms with Crippen molar-refractivity contribution in [3.63, 3.8) is 0 Å². The molecule has 0 spiro atoms. The van der Waals surface area contributed by atoms with Crippen LogP contribution in [0.4, 0.5) is 0 Å². The second kappa shape index (κ2) is 72.0. The molecule has 2 atom stereocenters. The normalized spacial score (nSPS) is 13.7. The number of hydrogen-bond acceptors (Lipinski definition) is 8. The standard InChI is InChI=1S/C82H146NO8P/c1-6-8-10-12-14-16-18-20-22-24-26-28-30-32-34-35-36-37-38-39-40-41-42-43-44-45-46-47-49-50-52-54-56-58-60-62-64-66-68-70-72-74-81(84)88-78-80(79-90-92(86,87)89-77-76-83(3,4)5)91-82(85)75-73-71-69-67-65-63-61-59-57-55-53-51-48-33-31-29-27-25-23-21-19-17-15-13-11-9-7-2/h9,11,15,17-18,20-21,23-24,26-27,29,33,48,53,55,59,61,80H,6-8,10,12-14,16,19,22,25,28,30-32,34-47,49-52,54,56-58,60,62-79H2,1-5H3/b11-9-,17-15-,20-18-,23-21-,26-24-,29-27-,48-33-,55-53-,61-59-. The minimum atomic E-state index is -4.66. The van der Waals surface area contributed by atoms with Gasteiger partial charge in [-0.2, -0.15) is 0 Å². The Balaban J connectivity index is 3.96. The van der Waals surface area contributed by atoms with Crippen LogP contribution in [-0.4, -0.2) is 70.0 Å². The molecule has 9 nitrogen and oxygen atoms in total. The third kappa shape index (κ3) is 75.7. The Morgan fingerprint density at radius 2 is 0.620 bits per heavy atom. The fourth-order valence-corrected chi connectivity index (χ4v) is 11.6. The molecule has 0 heterocycles. The fraction of sp³-hybridized carbons (Fsp3) is 0.756. The Kier molecular flexibility index (Phi) is 69.3. The van der Waals surface area contributed by atoms with E-state index in [-0.39, 0.29) is 32.0 Å². The first-order chi connectivity index (χ1) is 45.0. The van der Waals surface area contributed by atoms with Crippen LogP contribution in [0.5, 0.6) is 0 Å². The lowest BCUT2D eigenvalue weighted by atomic mass is 10.0. The van der Waals surface area contributed by atoms with Crippen LogP contribution in [0, 0.1) is 0 Å². The van der Waals surface area contributed by atoms with Gasteiger partial charge in [-0.25, -0.2) is 0 Å². The third-order valence-electron chi connectivity index (χ3n) is 16.8. The van der Waals surface area contributed by atoms with Crippen molar-refractivity contribution in [1.82, 2.24) is 0 Å². The van der Waals surface area contributed by atoms with Crippen molar-refractivity contribution in [1.29, 1.82) is 0 Å². The Hall–Kier alpha value is -3.33. The molecular weight excluding hydrogens is 1160 g/mol. The van der Waals surface area contributed by atoms with Crippen LogP contribution in [0.3, 0.4) is 0 Å². The van der Waals surface area contributed by atoms with Gasteiger partial charge in [-0.1, -0.05) is 342 Å². The predicted molar refractivity (Wildman–Crippen MR) is 397 cm³/mol. The molecule has 0 fully saturated rings. The predicted octanol–water partition coefficient (Wildman–Crippen LogP) is 25.0. The van der Waals surface area contributed by atoms with Crippen molar-refractivity contribution in [3.8, 4) is 0 Å². The van der Waals surface area contributed by atoms with Gasteiger partial charge in [-0.3, -0.25) is 14.2 Å². The zero-order valence-electron chi connectivity index (χ0n) is 60.7. The molecule has 532 valence electrons. The zero-order chi connectivity index (χ0) is 66.9. The minimum Gasteiger partial charge on any atom is -0.756 e. The molecule has 0 radical (unpaired) electrons. The van der Waals surface area contributed by atoms with E-state index in [0.717, 1.165) is 103 Å². The zero-order valence-corrected chi connectivity index (χ0v) is 61.6. The van der Waals surface area contributed by atoms with Gasteiger partial charge in [0.15, 0.2) is 6.10 Å². The first kappa shape index (κ1) is 88.7. The van der Waals surface area contributed by atoms with Crippen LogP contribution >= 0.6 is 7.82 Å². The van der Waals surface area contributed by atoms with Gasteiger partial charge >= 0.3 is 11.9 Å². The van der Waals surface area contributed by atoms with Crippen molar-refractivity contribution in [2.45, 2.75) is 354 Å². The van der Waals surface area contributed by atoms with Gasteiger partial charge in [0.2, 0.25) is 0 Å². The number of ether oxygens (including phenoxy) is 2. The number of allylic oxidation sites excluding steroid dienone is 18. The summed E-state index contributed by atoms with van der Waals surface area (Å²) >= 11 is 0. The van der Waals surface area contributed by atoms with Crippen LogP contribution < -0.4 is 4.89 Å². The Morgan fingerprint density at radius 3 is 0.924 bits per heavy atom. The first-order valence-electron chi connectivity index (χ1n) is 38.6. The lowest BCUT2D eigenvalue weighted by molar-refractivity contribution is -0.870. The number of hydrogen-bond donors (Lipinski definition) is 0. The van der Waals surface area contributed by atoms with Gasteiger partial charge < -0.3 is 27.9 Å². The number of unbranched alkanes of at least 4 members (excludes halogenated alkanes) is 39. The van der Waals surface area contributed by atoms with Gasteiger partial charge in [0.05, 0.1) is 27.7 Å². The van der Waals surface area contributed by atoms with Gasteiger partial charge in [0.1, 0.15) is 19.8 Å². The number of likely N-dealkylation sites (N-methyl/N-ethyl adjacent to an activating group) is 1. The maximum atomic E-state index is 12.9. The number of phosphoric ester groups is 1. The topological polar surface area (TPSA) is 111 Å². The lowest BCUT2D eigenvalue weighted by Gasteiger charge is -2.28. The summed E-state index contributed by atoms with van der Waals surface area (Å²) in [6.07, 6.45) is 102. The molecule has 92 heavy (non-hydrogen) atoms. The summed E-state index contributed by atoms with van der Waals surface area (Å²) < 4.78 is 34.3. The van der Waals surface area contributed by atoms with Crippen LogP contribution in [0.1, 0.15) is 348 Å². The lowest BCUT2D eigenvalue weighted by Crippen LogP contribution is -2.37. The smallest absolute Gasteiger partial charge is 0.306 e. The number of nitrogens with zero attached hydrogens (tertiary/aromatic N) is 1. The number of carbonyl (C=O) groups excluding carboxylic acids is 2. The van der Waals surface area contributed by atoms with Crippen molar-refractivity contribution in [2.75, 3.05) is 47.5 Å². The molecule has 0 aromatic rings. The molecule has 0 rings (SSSR count). The van der Waals surface area contributed by atoms with Crippen LogP contribution in [0.2, 0.25) is 0 Å². The molecule has 0 aliphatic rings. The van der Waals surface area contributed by atoms with E-state index in [1.165, 1.54) is 212 Å². The SMILES string of the molecule is CC/C=C\C/C=C\C/C=C\C/C=C\C/C=C\C/C=C\C/C=C\CCCCCCCC(=O)OC(COC(=O)CCCCCCCCCCCCCCCCCCCCCCCCCCCCCCC/C=C\C/C=C\CCCCCCC)COP(=O)([O-])OCC[N+](C)(C)C. The third-order valence-corrected chi connectivity index (χ3v) is 17.7. The number of quaternary nitrogens is 1. The minimum absolute atomic E-state index is 0.0386. The second-order valence-corrected chi connectivity index (χ2v) is 28.4.